The molecule has 1 aliphatic rings. The fourth-order valence-corrected chi connectivity index (χ4v) is 2.19. The molecule has 1 aliphatic heterocycles. The normalized spacial score (nSPS) is 17.7. The van der Waals surface area contributed by atoms with Gasteiger partial charge in [-0.1, -0.05) is 0 Å². The molecule has 18 heavy (non-hydrogen) atoms. The van der Waals surface area contributed by atoms with Crippen LogP contribution < -0.4 is 11.1 Å². The fraction of sp³-hybridized carbons (Fsp3) is 0.538. The van der Waals surface area contributed by atoms with E-state index in [4.69, 9.17) is 5.73 Å². The van der Waals surface area contributed by atoms with Crippen LogP contribution in [0.1, 0.15) is 28.9 Å². The molecule has 0 aliphatic carbocycles. The first-order chi connectivity index (χ1) is 8.56. The van der Waals surface area contributed by atoms with E-state index in [1.807, 2.05) is 6.92 Å². The number of aryl methyl sites for hydroxylation is 1. The molecule has 1 saturated heterocycles. The molecule has 0 spiro atoms. The lowest BCUT2D eigenvalue weighted by Gasteiger charge is -2.29. The first kappa shape index (κ1) is 12.8. The molecule has 0 radical (unpaired) electrons. The maximum absolute atomic E-state index is 12.1. The molecule has 1 fully saturated rings. The average Bonchev–Trinajstić information content (AvgIpc) is 2.32. The lowest BCUT2D eigenvalue weighted by Crippen LogP contribution is -2.43. The first-order valence-electron chi connectivity index (χ1n) is 6.28. The van der Waals surface area contributed by atoms with Crippen molar-refractivity contribution in [1.82, 2.24) is 15.2 Å². The third-order valence-electron chi connectivity index (χ3n) is 3.37. The zero-order valence-corrected chi connectivity index (χ0v) is 10.9. The second kappa shape index (κ2) is 5.35. The van der Waals surface area contributed by atoms with Crippen LogP contribution in [-0.2, 0) is 0 Å². The van der Waals surface area contributed by atoms with Gasteiger partial charge in [-0.15, -0.1) is 0 Å². The van der Waals surface area contributed by atoms with Crippen molar-refractivity contribution >= 4 is 11.6 Å². The largest absolute Gasteiger partial charge is 0.398 e. The maximum atomic E-state index is 12.1. The smallest absolute Gasteiger partial charge is 0.255 e. The Morgan fingerprint density at radius 2 is 2.17 bits per heavy atom. The summed E-state index contributed by atoms with van der Waals surface area (Å²) in [6.45, 7) is 3.90. The van der Waals surface area contributed by atoms with E-state index in [0.29, 0.717) is 11.3 Å². The molecular formula is C13H20N4O. The number of likely N-dealkylation sites (tertiary alicyclic amines) is 1. The van der Waals surface area contributed by atoms with Gasteiger partial charge in [-0.2, -0.15) is 0 Å². The number of hydrogen-bond donors (Lipinski definition) is 2. The summed E-state index contributed by atoms with van der Waals surface area (Å²) in [5, 5.41) is 3.03. The van der Waals surface area contributed by atoms with E-state index in [-0.39, 0.29) is 11.9 Å². The van der Waals surface area contributed by atoms with Crippen molar-refractivity contribution in [3.63, 3.8) is 0 Å². The van der Waals surface area contributed by atoms with Crippen molar-refractivity contribution in [1.29, 1.82) is 0 Å². The van der Waals surface area contributed by atoms with Crippen LogP contribution in [0, 0.1) is 6.92 Å². The van der Waals surface area contributed by atoms with Crippen LogP contribution >= 0.6 is 0 Å². The van der Waals surface area contributed by atoms with Gasteiger partial charge in [-0.3, -0.25) is 9.78 Å². The second-order valence-electron chi connectivity index (χ2n) is 4.96. The van der Waals surface area contributed by atoms with E-state index in [0.717, 1.165) is 31.6 Å². The van der Waals surface area contributed by atoms with Gasteiger partial charge < -0.3 is 16.0 Å². The first-order valence-corrected chi connectivity index (χ1v) is 6.28. The molecule has 5 heteroatoms. The number of amides is 1. The molecule has 0 bridgehead atoms. The predicted molar refractivity (Wildman–Crippen MR) is 71.4 cm³/mol. The number of carbonyl (C=O) groups is 1. The van der Waals surface area contributed by atoms with Crippen LogP contribution in [0.4, 0.5) is 5.69 Å². The molecule has 1 amide bonds. The number of nitrogen functional groups attached to an aromatic ring is 1. The number of nitrogens with zero attached hydrogens (tertiary/aromatic N) is 2. The number of anilines is 1. The molecule has 2 rings (SSSR count). The van der Waals surface area contributed by atoms with E-state index in [1.165, 1.54) is 0 Å². The highest BCUT2D eigenvalue weighted by Crippen LogP contribution is 2.13. The van der Waals surface area contributed by atoms with Crippen molar-refractivity contribution in [2.75, 3.05) is 25.9 Å². The third kappa shape index (κ3) is 2.98. The van der Waals surface area contributed by atoms with Gasteiger partial charge in [0.1, 0.15) is 0 Å². The molecule has 1 aromatic heterocycles. The van der Waals surface area contributed by atoms with Crippen LogP contribution in [0.3, 0.4) is 0 Å². The van der Waals surface area contributed by atoms with Crippen LogP contribution in [0.2, 0.25) is 0 Å². The van der Waals surface area contributed by atoms with Gasteiger partial charge >= 0.3 is 0 Å². The molecular weight excluding hydrogens is 228 g/mol. The summed E-state index contributed by atoms with van der Waals surface area (Å²) in [5.74, 6) is -0.116. The number of piperidine rings is 1. The van der Waals surface area contributed by atoms with Crippen molar-refractivity contribution < 1.29 is 4.79 Å². The minimum atomic E-state index is -0.116. The highest BCUT2D eigenvalue weighted by atomic mass is 16.1. The van der Waals surface area contributed by atoms with Gasteiger partial charge in [0.15, 0.2) is 0 Å². The number of pyridine rings is 1. The van der Waals surface area contributed by atoms with Crippen LogP contribution in [0.15, 0.2) is 12.3 Å². The molecule has 0 saturated carbocycles. The standard InChI is InChI=1S/C13H20N4O/c1-9-7-12(14)11(8-15-9)13(18)16-10-3-5-17(2)6-4-10/h7-8,10H,3-6H2,1-2H3,(H2,14,15)(H,16,18). The number of rotatable bonds is 2. The van der Waals surface area contributed by atoms with Gasteiger partial charge in [-0.05, 0) is 46.0 Å². The minimum Gasteiger partial charge on any atom is -0.398 e. The summed E-state index contributed by atoms with van der Waals surface area (Å²) in [5.41, 5.74) is 7.63. The highest BCUT2D eigenvalue weighted by Gasteiger charge is 2.20. The number of hydrogen-bond acceptors (Lipinski definition) is 4. The van der Waals surface area contributed by atoms with Crippen LogP contribution in [0.5, 0.6) is 0 Å². The Morgan fingerprint density at radius 3 is 2.78 bits per heavy atom. The summed E-state index contributed by atoms with van der Waals surface area (Å²) in [4.78, 5) is 18.5. The van der Waals surface area contributed by atoms with Crippen LogP contribution in [0.25, 0.3) is 0 Å². The van der Waals surface area contributed by atoms with Crippen LogP contribution in [-0.4, -0.2) is 42.0 Å². The number of carbonyl (C=O) groups excluding carboxylic acids is 1. The van der Waals surface area contributed by atoms with Gasteiger partial charge in [0.2, 0.25) is 0 Å². The quantitative estimate of drug-likeness (QED) is 0.812. The van der Waals surface area contributed by atoms with Gasteiger partial charge in [0, 0.05) is 23.6 Å². The molecule has 3 N–H and O–H groups in total. The summed E-state index contributed by atoms with van der Waals surface area (Å²) >= 11 is 0. The van der Waals surface area contributed by atoms with Gasteiger partial charge in [0.05, 0.1) is 5.56 Å². The Labute approximate surface area is 107 Å². The van der Waals surface area contributed by atoms with Crippen molar-refractivity contribution in [3.8, 4) is 0 Å². The summed E-state index contributed by atoms with van der Waals surface area (Å²) in [6, 6.07) is 1.97. The highest BCUT2D eigenvalue weighted by molar-refractivity contribution is 5.98. The number of nitrogens with two attached hydrogens (primary N) is 1. The summed E-state index contributed by atoms with van der Waals surface area (Å²) in [6.07, 6.45) is 3.53. The zero-order valence-electron chi connectivity index (χ0n) is 10.9. The molecule has 1 aromatic rings. The van der Waals surface area contributed by atoms with Gasteiger partial charge in [0.25, 0.3) is 5.91 Å². The Balaban J connectivity index is 1.99. The zero-order chi connectivity index (χ0) is 13.1. The Morgan fingerprint density at radius 1 is 1.50 bits per heavy atom. The van der Waals surface area contributed by atoms with Crippen molar-refractivity contribution in [2.45, 2.75) is 25.8 Å². The topological polar surface area (TPSA) is 71.2 Å². The fourth-order valence-electron chi connectivity index (χ4n) is 2.19. The number of aromatic nitrogens is 1. The maximum Gasteiger partial charge on any atom is 0.255 e. The van der Waals surface area contributed by atoms with E-state index in [1.54, 1.807) is 12.3 Å². The van der Waals surface area contributed by atoms with E-state index < -0.39 is 0 Å². The third-order valence-corrected chi connectivity index (χ3v) is 3.37. The average molecular weight is 248 g/mol. The number of nitrogens with one attached hydrogen (secondary N) is 1. The summed E-state index contributed by atoms with van der Waals surface area (Å²) in [7, 11) is 2.10. The van der Waals surface area contributed by atoms with E-state index >= 15 is 0 Å². The molecule has 0 unspecified atom stereocenters. The van der Waals surface area contributed by atoms with Crippen molar-refractivity contribution in [2.24, 2.45) is 0 Å². The molecule has 98 valence electrons. The minimum absolute atomic E-state index is 0.116. The Kier molecular flexibility index (Phi) is 3.81. The second-order valence-corrected chi connectivity index (χ2v) is 4.96. The monoisotopic (exact) mass is 248 g/mol. The molecule has 0 atom stereocenters. The van der Waals surface area contributed by atoms with E-state index in [2.05, 4.69) is 22.2 Å². The molecule has 2 heterocycles. The van der Waals surface area contributed by atoms with Crippen molar-refractivity contribution in [3.05, 3.63) is 23.5 Å². The Hall–Kier alpha value is -1.62. The van der Waals surface area contributed by atoms with Gasteiger partial charge in [-0.25, -0.2) is 0 Å². The summed E-state index contributed by atoms with van der Waals surface area (Å²) < 4.78 is 0. The Bertz CT molecular complexity index is 439. The lowest BCUT2D eigenvalue weighted by molar-refractivity contribution is 0.0917. The SMILES string of the molecule is Cc1cc(N)c(C(=O)NC2CCN(C)CC2)cn1. The molecule has 0 aromatic carbocycles. The lowest BCUT2D eigenvalue weighted by atomic mass is 10.0. The predicted octanol–water partition coefficient (Wildman–Crippen LogP) is 0.796. The molecule has 5 nitrogen and oxygen atoms in total. The van der Waals surface area contributed by atoms with E-state index in [9.17, 15) is 4.79 Å².